The van der Waals surface area contributed by atoms with Crippen molar-refractivity contribution in [2.75, 3.05) is 0 Å². The van der Waals surface area contributed by atoms with Crippen LogP contribution in [0.4, 0.5) is 4.39 Å². The van der Waals surface area contributed by atoms with Crippen molar-refractivity contribution in [2.45, 2.75) is 6.61 Å². The number of nitriles is 1. The van der Waals surface area contributed by atoms with Gasteiger partial charge in [-0.05, 0) is 52.7 Å². The van der Waals surface area contributed by atoms with Crippen LogP contribution in [0.1, 0.15) is 16.7 Å². The van der Waals surface area contributed by atoms with Gasteiger partial charge >= 0.3 is 0 Å². The van der Waals surface area contributed by atoms with E-state index in [1.54, 1.807) is 12.1 Å². The van der Waals surface area contributed by atoms with E-state index in [9.17, 15) is 9.65 Å². The molecule has 0 N–H and O–H groups in total. The minimum atomic E-state index is -0.278. The second kappa shape index (κ2) is 8.94. The van der Waals surface area contributed by atoms with Gasteiger partial charge in [-0.25, -0.2) is 4.39 Å². The Hall–Kier alpha value is -3.42. The Kier molecular flexibility index (Phi) is 5.92. The fraction of sp³-hybridized carbons (Fsp3) is 0.0385. The maximum absolute atomic E-state index is 13.1. The van der Waals surface area contributed by atoms with Crippen LogP contribution in [0.3, 0.4) is 0 Å². The number of ether oxygens (including phenoxy) is 1. The summed E-state index contributed by atoms with van der Waals surface area (Å²) in [6, 6.07) is 28.2. The van der Waals surface area contributed by atoms with Crippen molar-refractivity contribution in [2.24, 2.45) is 0 Å². The number of benzene rings is 4. The summed E-state index contributed by atoms with van der Waals surface area (Å²) in [6.45, 7) is 0.304. The van der Waals surface area contributed by atoms with E-state index in [2.05, 4.69) is 22.0 Å². The van der Waals surface area contributed by atoms with E-state index in [0.717, 1.165) is 31.9 Å². The van der Waals surface area contributed by atoms with Gasteiger partial charge in [0, 0.05) is 15.6 Å². The first kappa shape index (κ1) is 19.9. The van der Waals surface area contributed by atoms with Crippen LogP contribution in [0.2, 0.25) is 0 Å². The molecule has 0 bridgehead atoms. The van der Waals surface area contributed by atoms with Gasteiger partial charge in [0.2, 0.25) is 0 Å². The largest absolute Gasteiger partial charge is 0.488 e. The Balaban J connectivity index is 1.71. The Morgan fingerprint density at radius 2 is 1.73 bits per heavy atom. The molecule has 0 aromatic heterocycles. The van der Waals surface area contributed by atoms with Crippen molar-refractivity contribution in [3.05, 3.63) is 112 Å². The highest BCUT2D eigenvalue weighted by molar-refractivity contribution is 9.10. The zero-order valence-corrected chi connectivity index (χ0v) is 17.6. The zero-order chi connectivity index (χ0) is 20.9. The van der Waals surface area contributed by atoms with Crippen LogP contribution >= 0.6 is 15.9 Å². The molecule has 0 saturated carbocycles. The van der Waals surface area contributed by atoms with Crippen molar-refractivity contribution in [3.8, 4) is 11.8 Å². The van der Waals surface area contributed by atoms with Gasteiger partial charge in [0.1, 0.15) is 18.2 Å². The molecule has 0 spiro atoms. The molecule has 0 saturated heterocycles. The van der Waals surface area contributed by atoms with Gasteiger partial charge < -0.3 is 4.74 Å². The summed E-state index contributed by atoms with van der Waals surface area (Å²) in [6.07, 6.45) is 1.84. The van der Waals surface area contributed by atoms with Gasteiger partial charge in [-0.3, -0.25) is 0 Å². The van der Waals surface area contributed by atoms with Crippen molar-refractivity contribution in [1.29, 1.82) is 5.26 Å². The summed E-state index contributed by atoms with van der Waals surface area (Å²) in [7, 11) is 0. The van der Waals surface area contributed by atoms with E-state index >= 15 is 0 Å². The number of nitrogens with zero attached hydrogens (tertiary/aromatic N) is 1. The number of rotatable bonds is 5. The SMILES string of the molecule is N#C/C(=C\c1cc(Br)ccc1OCc1ccc(F)cc1)c1cccc2ccccc12. The van der Waals surface area contributed by atoms with Gasteiger partial charge in [0.25, 0.3) is 0 Å². The van der Waals surface area contributed by atoms with E-state index in [1.807, 2.05) is 66.7 Å². The second-order valence-corrected chi connectivity index (χ2v) is 7.71. The number of fused-ring (bicyclic) bond motifs is 1. The van der Waals surface area contributed by atoms with Gasteiger partial charge in [-0.2, -0.15) is 5.26 Å². The molecule has 2 nitrogen and oxygen atoms in total. The molecular weight excluding hydrogens is 441 g/mol. The monoisotopic (exact) mass is 457 g/mol. The summed E-state index contributed by atoms with van der Waals surface area (Å²) < 4.78 is 20.0. The Labute approximate surface area is 183 Å². The summed E-state index contributed by atoms with van der Waals surface area (Å²) in [4.78, 5) is 0. The molecule has 0 unspecified atom stereocenters. The molecule has 0 amide bonds. The second-order valence-electron chi connectivity index (χ2n) is 6.79. The van der Waals surface area contributed by atoms with E-state index in [-0.39, 0.29) is 5.82 Å². The van der Waals surface area contributed by atoms with Crippen molar-refractivity contribution >= 4 is 38.4 Å². The predicted molar refractivity (Wildman–Crippen MR) is 122 cm³/mol. The Morgan fingerprint density at radius 1 is 0.967 bits per heavy atom. The molecule has 0 fully saturated rings. The standard InChI is InChI=1S/C26H17BrFNO/c27-22-10-13-26(30-17-18-8-11-23(28)12-9-18)20(15-22)14-21(16-29)25-7-3-5-19-4-1-2-6-24(19)25/h1-15H,17H2/b21-14+. The molecule has 0 aliphatic heterocycles. The van der Waals surface area contributed by atoms with Crippen LogP contribution in [0.5, 0.6) is 5.75 Å². The lowest BCUT2D eigenvalue weighted by Gasteiger charge is -2.11. The maximum Gasteiger partial charge on any atom is 0.127 e. The number of hydrogen-bond acceptors (Lipinski definition) is 2. The summed E-state index contributed by atoms with van der Waals surface area (Å²) in [5.41, 5.74) is 3.08. The average Bonchev–Trinajstić information content (AvgIpc) is 2.77. The van der Waals surface area contributed by atoms with Gasteiger partial charge in [0.05, 0.1) is 11.6 Å². The van der Waals surface area contributed by atoms with Crippen molar-refractivity contribution in [3.63, 3.8) is 0 Å². The third-order valence-corrected chi connectivity index (χ3v) is 5.27. The predicted octanol–water partition coefficient (Wildman–Crippen LogP) is 7.38. The molecule has 0 heterocycles. The van der Waals surface area contributed by atoms with E-state index in [0.29, 0.717) is 17.9 Å². The lowest BCUT2D eigenvalue weighted by molar-refractivity contribution is 0.305. The molecule has 0 atom stereocenters. The zero-order valence-electron chi connectivity index (χ0n) is 16.0. The summed E-state index contributed by atoms with van der Waals surface area (Å²) >= 11 is 3.50. The lowest BCUT2D eigenvalue weighted by atomic mass is 9.97. The minimum absolute atomic E-state index is 0.278. The first-order valence-electron chi connectivity index (χ1n) is 9.41. The van der Waals surface area contributed by atoms with Crippen LogP contribution in [0, 0.1) is 17.1 Å². The van der Waals surface area contributed by atoms with E-state index in [4.69, 9.17) is 4.74 Å². The van der Waals surface area contributed by atoms with Crippen molar-refractivity contribution < 1.29 is 9.13 Å². The van der Waals surface area contributed by atoms with Crippen LogP contribution in [0.25, 0.3) is 22.4 Å². The lowest BCUT2D eigenvalue weighted by Crippen LogP contribution is -1.97. The topological polar surface area (TPSA) is 33.0 Å². The molecule has 0 aliphatic rings. The van der Waals surface area contributed by atoms with Gasteiger partial charge in [0.15, 0.2) is 0 Å². The van der Waals surface area contributed by atoms with E-state index < -0.39 is 0 Å². The average molecular weight is 458 g/mol. The summed E-state index contributed by atoms with van der Waals surface area (Å²) in [5.74, 6) is 0.371. The smallest absolute Gasteiger partial charge is 0.127 e. The number of allylic oxidation sites excluding steroid dienone is 1. The Bertz CT molecular complexity index is 1270. The molecule has 146 valence electrons. The fourth-order valence-electron chi connectivity index (χ4n) is 3.29. The van der Waals surface area contributed by atoms with Crippen LogP contribution in [0.15, 0.2) is 89.4 Å². The molecule has 4 rings (SSSR count). The fourth-order valence-corrected chi connectivity index (χ4v) is 3.67. The third-order valence-electron chi connectivity index (χ3n) is 4.78. The van der Waals surface area contributed by atoms with Crippen LogP contribution in [-0.4, -0.2) is 0 Å². The first-order valence-corrected chi connectivity index (χ1v) is 10.2. The number of hydrogen-bond donors (Lipinski definition) is 0. The van der Waals surface area contributed by atoms with Crippen molar-refractivity contribution in [1.82, 2.24) is 0 Å². The third kappa shape index (κ3) is 4.42. The summed E-state index contributed by atoms with van der Waals surface area (Å²) in [5, 5.41) is 12.0. The molecule has 4 aromatic rings. The normalized spacial score (nSPS) is 11.3. The van der Waals surface area contributed by atoms with Crippen LogP contribution < -0.4 is 4.74 Å². The highest BCUT2D eigenvalue weighted by Gasteiger charge is 2.09. The highest BCUT2D eigenvalue weighted by atomic mass is 79.9. The molecule has 4 heteroatoms. The maximum atomic E-state index is 13.1. The quantitative estimate of drug-likeness (QED) is 0.231. The Morgan fingerprint density at radius 3 is 2.53 bits per heavy atom. The molecule has 0 aliphatic carbocycles. The molecule has 30 heavy (non-hydrogen) atoms. The van der Waals surface area contributed by atoms with Gasteiger partial charge in [-0.1, -0.05) is 70.5 Å². The van der Waals surface area contributed by atoms with Crippen LogP contribution in [-0.2, 0) is 6.61 Å². The highest BCUT2D eigenvalue weighted by Crippen LogP contribution is 2.31. The molecular formula is C26H17BrFNO. The first-order chi connectivity index (χ1) is 14.6. The van der Waals surface area contributed by atoms with E-state index in [1.165, 1.54) is 12.1 Å². The van der Waals surface area contributed by atoms with Gasteiger partial charge in [-0.15, -0.1) is 0 Å². The minimum Gasteiger partial charge on any atom is -0.488 e. The molecule has 4 aromatic carbocycles. The number of halogens is 2. The molecule has 0 radical (unpaired) electrons.